The predicted octanol–water partition coefficient (Wildman–Crippen LogP) is 4.40. The molecule has 1 heterocycles. The third-order valence-corrected chi connectivity index (χ3v) is 4.74. The molecule has 0 unspecified atom stereocenters. The molecule has 7 heteroatoms. The summed E-state index contributed by atoms with van der Waals surface area (Å²) in [5.74, 6) is 0.147. The fourth-order valence-electron chi connectivity index (χ4n) is 2.46. The van der Waals surface area contributed by atoms with Gasteiger partial charge < -0.3 is 4.74 Å². The van der Waals surface area contributed by atoms with Crippen LogP contribution >= 0.6 is 11.8 Å². The molecule has 5 nitrogen and oxygen atoms in total. The minimum absolute atomic E-state index is 0.143. The predicted molar refractivity (Wildman–Crippen MR) is 100 cm³/mol. The van der Waals surface area contributed by atoms with Gasteiger partial charge in [0.1, 0.15) is 11.2 Å². The molecular formula is C19H19FN2O3S. The van der Waals surface area contributed by atoms with E-state index in [-0.39, 0.29) is 23.4 Å². The average Bonchev–Trinajstić information content (AvgIpc) is 2.96. The lowest BCUT2D eigenvalue weighted by molar-refractivity contribution is 0.132. The highest BCUT2D eigenvalue weighted by molar-refractivity contribution is 7.98. The van der Waals surface area contributed by atoms with Crippen molar-refractivity contribution in [1.29, 1.82) is 0 Å². The van der Waals surface area contributed by atoms with Gasteiger partial charge in [-0.2, -0.15) is 4.68 Å². The average molecular weight is 374 g/mol. The van der Waals surface area contributed by atoms with E-state index >= 15 is 0 Å². The van der Waals surface area contributed by atoms with Gasteiger partial charge in [-0.05, 0) is 23.6 Å². The number of nitrogens with one attached hydrogen (secondary N) is 1. The SMILES string of the molecule is CC(C)COC(=O)n1[nH]c(=O)c2c(F)cc(SCc3ccccc3)cc21. The number of rotatable bonds is 5. The van der Waals surface area contributed by atoms with E-state index in [4.69, 9.17) is 4.74 Å². The zero-order valence-corrected chi connectivity index (χ0v) is 15.3. The monoisotopic (exact) mass is 374 g/mol. The van der Waals surface area contributed by atoms with E-state index in [9.17, 15) is 14.0 Å². The molecule has 1 N–H and O–H groups in total. The quantitative estimate of drug-likeness (QED) is 0.672. The molecule has 0 saturated heterocycles. The Morgan fingerprint density at radius 3 is 2.69 bits per heavy atom. The third-order valence-electron chi connectivity index (χ3n) is 3.70. The summed E-state index contributed by atoms with van der Waals surface area (Å²) in [7, 11) is 0. The molecular weight excluding hydrogens is 355 g/mol. The summed E-state index contributed by atoms with van der Waals surface area (Å²) in [6.45, 7) is 4.02. The number of ether oxygens (including phenoxy) is 1. The summed E-state index contributed by atoms with van der Waals surface area (Å²) in [5.41, 5.74) is 0.624. The standard InChI is InChI=1S/C19H19FN2O3S/c1-12(2)10-25-19(24)22-16-9-14(8-15(20)17(16)18(23)21-22)26-11-13-6-4-3-5-7-13/h3-9,12H,10-11H2,1-2H3,(H,21,23). The zero-order valence-electron chi connectivity index (χ0n) is 14.5. The topological polar surface area (TPSA) is 64.1 Å². The number of hydrogen-bond donors (Lipinski definition) is 1. The van der Waals surface area contributed by atoms with Crippen LogP contribution in [0.5, 0.6) is 0 Å². The van der Waals surface area contributed by atoms with E-state index < -0.39 is 17.5 Å². The molecule has 3 aromatic rings. The van der Waals surface area contributed by atoms with E-state index in [2.05, 4.69) is 5.10 Å². The Morgan fingerprint density at radius 2 is 2.00 bits per heavy atom. The van der Waals surface area contributed by atoms with Gasteiger partial charge in [-0.15, -0.1) is 11.8 Å². The minimum atomic E-state index is -0.726. The first-order valence-corrected chi connectivity index (χ1v) is 9.22. The van der Waals surface area contributed by atoms with Crippen LogP contribution in [0, 0.1) is 11.7 Å². The smallest absolute Gasteiger partial charge is 0.433 e. The molecule has 0 aliphatic rings. The molecule has 0 aliphatic heterocycles. The number of H-pyrrole nitrogens is 1. The van der Waals surface area contributed by atoms with Gasteiger partial charge in [0.25, 0.3) is 5.56 Å². The molecule has 0 radical (unpaired) electrons. The van der Waals surface area contributed by atoms with Crippen molar-refractivity contribution in [1.82, 2.24) is 9.78 Å². The highest BCUT2D eigenvalue weighted by Crippen LogP contribution is 2.27. The molecule has 0 atom stereocenters. The number of fused-ring (bicyclic) bond motifs is 1. The summed E-state index contributed by atoms with van der Waals surface area (Å²) < 4.78 is 20.5. The van der Waals surface area contributed by atoms with Gasteiger partial charge in [0.15, 0.2) is 0 Å². The second-order valence-corrected chi connectivity index (χ2v) is 7.37. The molecule has 26 heavy (non-hydrogen) atoms. The summed E-state index contributed by atoms with van der Waals surface area (Å²) >= 11 is 1.43. The number of hydrogen-bond acceptors (Lipinski definition) is 4. The zero-order chi connectivity index (χ0) is 18.7. The van der Waals surface area contributed by atoms with Crippen molar-refractivity contribution in [3.8, 4) is 0 Å². The van der Waals surface area contributed by atoms with Crippen molar-refractivity contribution in [2.45, 2.75) is 24.5 Å². The largest absolute Gasteiger partial charge is 0.448 e. The maximum atomic E-state index is 14.4. The number of nitrogens with zero attached hydrogens (tertiary/aromatic N) is 1. The number of halogens is 1. The van der Waals surface area contributed by atoms with Crippen molar-refractivity contribution in [2.24, 2.45) is 5.92 Å². The maximum absolute atomic E-state index is 14.4. The molecule has 0 amide bonds. The van der Waals surface area contributed by atoms with E-state index in [1.807, 2.05) is 44.2 Å². The lowest BCUT2D eigenvalue weighted by Gasteiger charge is -2.08. The summed E-state index contributed by atoms with van der Waals surface area (Å²) in [6, 6.07) is 12.7. The summed E-state index contributed by atoms with van der Waals surface area (Å²) in [6.07, 6.45) is -0.726. The second kappa shape index (κ2) is 7.78. The van der Waals surface area contributed by atoms with Gasteiger partial charge in [0, 0.05) is 10.6 Å². The Balaban J connectivity index is 1.91. The van der Waals surface area contributed by atoms with Crippen LogP contribution in [0.25, 0.3) is 10.9 Å². The van der Waals surface area contributed by atoms with Crippen molar-refractivity contribution < 1.29 is 13.9 Å². The van der Waals surface area contributed by atoms with Gasteiger partial charge in [-0.3, -0.25) is 9.89 Å². The molecule has 0 saturated carbocycles. The lowest BCUT2D eigenvalue weighted by Crippen LogP contribution is -2.19. The fraction of sp³-hybridized carbons (Fsp3) is 0.263. The number of carbonyl (C=O) groups excluding carboxylic acids is 1. The molecule has 2 aromatic carbocycles. The van der Waals surface area contributed by atoms with Gasteiger partial charge in [-0.1, -0.05) is 44.2 Å². The van der Waals surface area contributed by atoms with Crippen molar-refractivity contribution in [3.63, 3.8) is 0 Å². The molecule has 3 rings (SSSR count). The van der Waals surface area contributed by atoms with E-state index in [1.54, 1.807) is 6.07 Å². The molecule has 0 aliphatic carbocycles. The van der Waals surface area contributed by atoms with Crippen LogP contribution in [0.15, 0.2) is 52.2 Å². The van der Waals surface area contributed by atoms with Gasteiger partial charge >= 0.3 is 6.09 Å². The van der Waals surface area contributed by atoms with Crippen LogP contribution in [0.4, 0.5) is 9.18 Å². The van der Waals surface area contributed by atoms with E-state index in [0.717, 1.165) is 10.2 Å². The first-order chi connectivity index (χ1) is 12.5. The third kappa shape index (κ3) is 3.99. The molecule has 0 bridgehead atoms. The van der Waals surface area contributed by atoms with E-state index in [1.165, 1.54) is 17.8 Å². The molecule has 136 valence electrons. The summed E-state index contributed by atoms with van der Waals surface area (Å²) in [5, 5.41) is 2.21. The Kier molecular flexibility index (Phi) is 5.46. The Bertz CT molecular complexity index is 980. The van der Waals surface area contributed by atoms with Crippen LogP contribution in [0.1, 0.15) is 19.4 Å². The Hall–Kier alpha value is -2.54. The van der Waals surface area contributed by atoms with Gasteiger partial charge in [0.05, 0.1) is 12.1 Å². The van der Waals surface area contributed by atoms with Crippen LogP contribution in [-0.2, 0) is 10.5 Å². The summed E-state index contributed by atoms with van der Waals surface area (Å²) in [4.78, 5) is 24.9. The number of thioether (sulfide) groups is 1. The Morgan fingerprint density at radius 1 is 1.27 bits per heavy atom. The second-order valence-electron chi connectivity index (χ2n) is 6.32. The van der Waals surface area contributed by atoms with Crippen LogP contribution in [0.2, 0.25) is 0 Å². The minimum Gasteiger partial charge on any atom is -0.448 e. The normalized spacial score (nSPS) is 11.2. The number of aromatic nitrogens is 2. The van der Waals surface area contributed by atoms with Crippen molar-refractivity contribution in [2.75, 3.05) is 6.61 Å². The molecule has 0 fully saturated rings. The van der Waals surface area contributed by atoms with Gasteiger partial charge in [0.2, 0.25) is 0 Å². The van der Waals surface area contributed by atoms with Crippen LogP contribution in [-0.4, -0.2) is 22.5 Å². The Labute approximate surface area is 154 Å². The van der Waals surface area contributed by atoms with Crippen LogP contribution < -0.4 is 5.56 Å². The highest BCUT2D eigenvalue weighted by Gasteiger charge is 2.18. The number of aromatic amines is 1. The molecule has 0 spiro atoms. The molecule has 1 aromatic heterocycles. The first kappa shape index (κ1) is 18.3. The number of carbonyl (C=O) groups is 1. The highest BCUT2D eigenvalue weighted by atomic mass is 32.2. The maximum Gasteiger partial charge on any atom is 0.433 e. The lowest BCUT2D eigenvalue weighted by atomic mass is 10.2. The first-order valence-electron chi connectivity index (χ1n) is 8.24. The number of benzene rings is 2. The van der Waals surface area contributed by atoms with Gasteiger partial charge in [-0.25, -0.2) is 9.18 Å². The fourth-order valence-corrected chi connectivity index (χ4v) is 3.37. The van der Waals surface area contributed by atoms with E-state index in [0.29, 0.717) is 10.6 Å². The van der Waals surface area contributed by atoms with Crippen molar-refractivity contribution >= 4 is 28.8 Å². The van der Waals surface area contributed by atoms with Crippen molar-refractivity contribution in [3.05, 3.63) is 64.2 Å². The van der Waals surface area contributed by atoms with Crippen LogP contribution in [0.3, 0.4) is 0 Å².